The van der Waals surface area contributed by atoms with E-state index in [1.807, 2.05) is 52.0 Å². The van der Waals surface area contributed by atoms with Crippen LogP contribution >= 0.6 is 0 Å². The normalized spacial score (nSPS) is 24.7. The number of sulfonamides is 1. The Morgan fingerprint density at radius 1 is 1.03 bits per heavy atom. The van der Waals surface area contributed by atoms with Gasteiger partial charge in [0.15, 0.2) is 0 Å². The molecule has 1 aromatic heterocycles. The first kappa shape index (κ1) is 25.1. The number of nitrogens with one attached hydrogen (secondary N) is 1. The van der Waals surface area contributed by atoms with Crippen molar-refractivity contribution < 1.29 is 8.42 Å². The van der Waals surface area contributed by atoms with E-state index in [-0.39, 0.29) is 12.1 Å². The van der Waals surface area contributed by atoms with E-state index in [0.717, 1.165) is 70.2 Å². The number of pyridine rings is 1. The van der Waals surface area contributed by atoms with Gasteiger partial charge in [0.1, 0.15) is 0 Å². The topological polar surface area (TPSA) is 62.3 Å². The molecule has 1 N–H and O–H groups in total. The van der Waals surface area contributed by atoms with Crippen LogP contribution in [0.5, 0.6) is 0 Å². The second-order valence-corrected chi connectivity index (χ2v) is 12.4. The molecule has 2 bridgehead atoms. The zero-order chi connectivity index (χ0) is 25.8. The minimum atomic E-state index is -3.80. The Labute approximate surface area is 215 Å². The molecule has 0 amide bonds. The summed E-state index contributed by atoms with van der Waals surface area (Å²) in [5.74, 6) is 0.998. The summed E-state index contributed by atoms with van der Waals surface area (Å²) in [4.78, 5) is 7.45. The predicted molar refractivity (Wildman–Crippen MR) is 147 cm³/mol. The average Bonchev–Trinajstić information content (AvgIpc) is 2.89. The Morgan fingerprint density at radius 3 is 2.33 bits per heavy atom. The summed E-state index contributed by atoms with van der Waals surface area (Å²) >= 11 is 0. The molecule has 0 radical (unpaired) electrons. The number of para-hydroxylation sites is 1. The van der Waals surface area contributed by atoms with Crippen LogP contribution in [0.4, 0.5) is 0 Å². The van der Waals surface area contributed by atoms with Crippen LogP contribution in [0.15, 0.2) is 54.1 Å². The van der Waals surface area contributed by atoms with Crippen molar-refractivity contribution in [1.29, 1.82) is 0 Å². The fourth-order valence-corrected chi connectivity index (χ4v) is 8.41. The monoisotopic (exact) mass is 503 g/mol. The van der Waals surface area contributed by atoms with Crippen LogP contribution in [-0.4, -0.2) is 37.4 Å². The molecule has 5 nitrogen and oxygen atoms in total. The molecule has 2 aromatic carbocycles. The van der Waals surface area contributed by atoms with Gasteiger partial charge in [0.05, 0.1) is 16.5 Å². The number of aromatic nitrogens is 1. The number of piperidine rings is 3. The predicted octanol–water partition coefficient (Wildman–Crippen LogP) is 5.69. The van der Waals surface area contributed by atoms with Gasteiger partial charge in [-0.05, 0) is 111 Å². The standard InChI is InChI=1S/C30H37N3O2S/c1-7-23-17-33-15-13-24(23)16-28(33)29(26-12-14-31-27-11-9-8-10-25(26)27)32-36(34,35)30-21(5)19(3)18(2)20(4)22(30)6/h7-12,14,23-24,28-29,32H,1,13,15-17H2,2-6H3/t23-,24-,28+,29+/m0/s1. The molecule has 1 unspecified atom stereocenters. The molecule has 6 heteroatoms. The number of hydrogen-bond donors (Lipinski definition) is 1. The number of fused-ring (bicyclic) bond motifs is 4. The first-order valence-electron chi connectivity index (χ1n) is 12.9. The van der Waals surface area contributed by atoms with E-state index in [1.165, 1.54) is 0 Å². The lowest BCUT2D eigenvalue weighted by molar-refractivity contribution is 0.00490. The third kappa shape index (κ3) is 4.09. The zero-order valence-electron chi connectivity index (χ0n) is 22.0. The maximum absolute atomic E-state index is 14.2. The van der Waals surface area contributed by atoms with E-state index in [9.17, 15) is 8.42 Å². The Kier molecular flexibility index (Phi) is 6.56. The quantitative estimate of drug-likeness (QED) is 0.439. The van der Waals surface area contributed by atoms with Gasteiger partial charge in [0, 0.05) is 24.2 Å². The molecule has 0 aliphatic carbocycles. The molecule has 4 heterocycles. The van der Waals surface area contributed by atoms with Gasteiger partial charge in [-0.15, -0.1) is 6.58 Å². The molecule has 3 saturated heterocycles. The molecule has 5 atom stereocenters. The highest BCUT2D eigenvalue weighted by atomic mass is 32.2. The molecule has 190 valence electrons. The van der Waals surface area contributed by atoms with Gasteiger partial charge in [-0.3, -0.25) is 9.88 Å². The highest BCUT2D eigenvalue weighted by Gasteiger charge is 2.44. The Morgan fingerprint density at radius 2 is 1.69 bits per heavy atom. The molecule has 36 heavy (non-hydrogen) atoms. The summed E-state index contributed by atoms with van der Waals surface area (Å²) in [5.41, 5.74) is 6.78. The Bertz CT molecular complexity index is 1410. The Hall–Kier alpha value is -2.54. The number of hydrogen-bond acceptors (Lipinski definition) is 4. The van der Waals surface area contributed by atoms with Crippen LogP contribution in [0.1, 0.15) is 52.3 Å². The van der Waals surface area contributed by atoms with E-state index in [2.05, 4.69) is 40.3 Å². The second-order valence-electron chi connectivity index (χ2n) is 10.7. The third-order valence-electron chi connectivity index (χ3n) is 9.04. The van der Waals surface area contributed by atoms with Crippen molar-refractivity contribution in [2.24, 2.45) is 11.8 Å². The van der Waals surface area contributed by atoms with Crippen molar-refractivity contribution in [3.8, 4) is 0 Å². The van der Waals surface area contributed by atoms with Gasteiger partial charge < -0.3 is 0 Å². The molecule has 0 saturated carbocycles. The summed E-state index contributed by atoms with van der Waals surface area (Å²) in [6.07, 6.45) is 5.97. The van der Waals surface area contributed by atoms with E-state index < -0.39 is 10.0 Å². The molecule has 3 aliphatic heterocycles. The lowest BCUT2D eigenvalue weighted by Gasteiger charge is -2.51. The van der Waals surface area contributed by atoms with E-state index in [0.29, 0.717) is 16.7 Å². The first-order valence-corrected chi connectivity index (χ1v) is 14.4. The van der Waals surface area contributed by atoms with Crippen molar-refractivity contribution in [1.82, 2.24) is 14.6 Å². The lowest BCUT2D eigenvalue weighted by atomic mass is 9.73. The van der Waals surface area contributed by atoms with Crippen LogP contribution in [0, 0.1) is 46.5 Å². The fourth-order valence-electron chi connectivity index (χ4n) is 6.56. The van der Waals surface area contributed by atoms with Gasteiger partial charge in [-0.25, -0.2) is 13.1 Å². The molecule has 3 fully saturated rings. The van der Waals surface area contributed by atoms with Crippen LogP contribution in [0.3, 0.4) is 0 Å². The van der Waals surface area contributed by atoms with Gasteiger partial charge in [-0.2, -0.15) is 0 Å². The molecular formula is C30H37N3O2S. The molecule has 0 spiro atoms. The summed E-state index contributed by atoms with van der Waals surface area (Å²) in [7, 11) is -3.80. The van der Waals surface area contributed by atoms with E-state index >= 15 is 0 Å². The molecule has 6 rings (SSSR count). The SMILES string of the molecule is C=C[C@H]1CN2CC[C@H]1C[C@@H]2[C@H](NS(=O)(=O)c1c(C)c(C)c(C)c(C)c1C)c1ccnc2ccccc12. The Balaban J connectivity index is 1.65. The van der Waals surface area contributed by atoms with Crippen molar-refractivity contribution in [3.63, 3.8) is 0 Å². The maximum atomic E-state index is 14.2. The fraction of sp³-hybridized carbons (Fsp3) is 0.433. The molecule has 3 aliphatic rings. The minimum Gasteiger partial charge on any atom is -0.298 e. The van der Waals surface area contributed by atoms with Crippen LogP contribution in [0.2, 0.25) is 0 Å². The largest absolute Gasteiger partial charge is 0.298 e. The van der Waals surface area contributed by atoms with Gasteiger partial charge in [-0.1, -0.05) is 24.3 Å². The van der Waals surface area contributed by atoms with Crippen molar-refractivity contribution in [2.75, 3.05) is 13.1 Å². The van der Waals surface area contributed by atoms with E-state index in [1.54, 1.807) is 6.20 Å². The van der Waals surface area contributed by atoms with Crippen LogP contribution < -0.4 is 4.72 Å². The average molecular weight is 504 g/mol. The highest BCUT2D eigenvalue weighted by Crippen LogP contribution is 2.43. The summed E-state index contributed by atoms with van der Waals surface area (Å²) in [5, 5.41) is 1.00. The van der Waals surface area contributed by atoms with Crippen molar-refractivity contribution in [3.05, 3.63) is 82.6 Å². The summed E-state index contributed by atoms with van der Waals surface area (Å²) in [6, 6.07) is 9.72. The van der Waals surface area contributed by atoms with Gasteiger partial charge in [0.2, 0.25) is 10.0 Å². The van der Waals surface area contributed by atoms with Crippen LogP contribution in [0.25, 0.3) is 10.9 Å². The first-order chi connectivity index (χ1) is 17.1. The summed E-state index contributed by atoms with van der Waals surface area (Å²) < 4.78 is 31.7. The second kappa shape index (κ2) is 9.40. The van der Waals surface area contributed by atoms with E-state index in [4.69, 9.17) is 0 Å². The maximum Gasteiger partial charge on any atom is 0.241 e. The number of rotatable bonds is 6. The summed E-state index contributed by atoms with van der Waals surface area (Å²) in [6.45, 7) is 16.0. The molecule has 3 aromatic rings. The number of benzene rings is 2. The minimum absolute atomic E-state index is 0.0776. The number of nitrogens with zero attached hydrogens (tertiary/aromatic N) is 2. The zero-order valence-corrected chi connectivity index (χ0v) is 22.8. The van der Waals surface area contributed by atoms with Crippen molar-refractivity contribution >= 4 is 20.9 Å². The highest BCUT2D eigenvalue weighted by molar-refractivity contribution is 7.89. The van der Waals surface area contributed by atoms with Gasteiger partial charge in [0.25, 0.3) is 0 Å². The lowest BCUT2D eigenvalue weighted by Crippen LogP contribution is -2.57. The smallest absolute Gasteiger partial charge is 0.241 e. The third-order valence-corrected chi connectivity index (χ3v) is 10.8. The van der Waals surface area contributed by atoms with Crippen LogP contribution in [-0.2, 0) is 10.0 Å². The van der Waals surface area contributed by atoms with Crippen molar-refractivity contribution in [2.45, 2.75) is 64.4 Å². The molecular weight excluding hydrogens is 466 g/mol. The van der Waals surface area contributed by atoms with Gasteiger partial charge >= 0.3 is 0 Å².